The SMILES string of the molecule is C[C@@H]1CC(=O)Nc2cc(S(=O)(=O)N3CCc4ccccc4C3)ccc2S1. The van der Waals surface area contributed by atoms with Crippen LogP contribution in [0.4, 0.5) is 5.69 Å². The van der Waals surface area contributed by atoms with Crippen molar-refractivity contribution in [3.05, 3.63) is 53.6 Å². The summed E-state index contributed by atoms with van der Waals surface area (Å²) in [5.41, 5.74) is 2.84. The molecule has 2 aromatic carbocycles. The van der Waals surface area contributed by atoms with Crippen molar-refractivity contribution in [1.82, 2.24) is 4.31 Å². The van der Waals surface area contributed by atoms with E-state index in [0.717, 1.165) is 10.5 Å². The van der Waals surface area contributed by atoms with Gasteiger partial charge in [-0.05, 0) is 35.7 Å². The van der Waals surface area contributed by atoms with Gasteiger partial charge in [0.15, 0.2) is 0 Å². The highest BCUT2D eigenvalue weighted by Gasteiger charge is 2.29. The van der Waals surface area contributed by atoms with Crippen molar-refractivity contribution in [3.63, 3.8) is 0 Å². The highest BCUT2D eigenvalue weighted by molar-refractivity contribution is 8.00. The van der Waals surface area contributed by atoms with Crippen LogP contribution in [0, 0.1) is 0 Å². The van der Waals surface area contributed by atoms with Crippen molar-refractivity contribution in [2.75, 3.05) is 11.9 Å². The van der Waals surface area contributed by atoms with Gasteiger partial charge in [-0.15, -0.1) is 11.8 Å². The molecule has 1 amide bonds. The summed E-state index contributed by atoms with van der Waals surface area (Å²) >= 11 is 1.59. The molecule has 1 N–H and O–H groups in total. The van der Waals surface area contributed by atoms with Crippen LogP contribution in [0.2, 0.25) is 0 Å². The quantitative estimate of drug-likeness (QED) is 0.858. The van der Waals surface area contributed by atoms with Gasteiger partial charge in [0.25, 0.3) is 0 Å². The van der Waals surface area contributed by atoms with Crippen molar-refractivity contribution in [1.29, 1.82) is 0 Å². The summed E-state index contributed by atoms with van der Waals surface area (Å²) in [6.07, 6.45) is 1.13. The van der Waals surface area contributed by atoms with Crippen molar-refractivity contribution >= 4 is 33.4 Å². The molecule has 26 heavy (non-hydrogen) atoms. The predicted molar refractivity (Wildman–Crippen MR) is 103 cm³/mol. The molecule has 2 aromatic rings. The number of benzene rings is 2. The maximum atomic E-state index is 13.1. The zero-order chi connectivity index (χ0) is 18.3. The molecule has 0 spiro atoms. The van der Waals surface area contributed by atoms with E-state index in [4.69, 9.17) is 0 Å². The zero-order valence-corrected chi connectivity index (χ0v) is 16.1. The van der Waals surface area contributed by atoms with Gasteiger partial charge in [0.2, 0.25) is 15.9 Å². The maximum Gasteiger partial charge on any atom is 0.243 e. The number of sulfonamides is 1. The number of thioether (sulfide) groups is 1. The first-order valence-corrected chi connectivity index (χ1v) is 10.9. The van der Waals surface area contributed by atoms with Crippen molar-refractivity contribution in [2.45, 2.75) is 41.4 Å². The standard InChI is InChI=1S/C19H20N2O3S2/c1-13-10-19(22)20-17-11-16(6-7-18(17)25-13)26(23,24)21-9-8-14-4-2-3-5-15(14)12-21/h2-7,11,13H,8-10,12H2,1H3,(H,20,22)/t13-/m1/s1. The minimum atomic E-state index is -3.61. The second-order valence-corrected chi connectivity index (χ2v) is 10.1. The summed E-state index contributed by atoms with van der Waals surface area (Å²) in [7, 11) is -3.61. The first-order chi connectivity index (χ1) is 12.4. The van der Waals surface area contributed by atoms with Crippen LogP contribution < -0.4 is 5.32 Å². The minimum Gasteiger partial charge on any atom is -0.325 e. The minimum absolute atomic E-state index is 0.0785. The number of hydrogen-bond donors (Lipinski definition) is 1. The number of nitrogens with zero attached hydrogens (tertiary/aromatic N) is 1. The van der Waals surface area contributed by atoms with Crippen LogP contribution in [0.5, 0.6) is 0 Å². The van der Waals surface area contributed by atoms with Crippen LogP contribution in [0.15, 0.2) is 52.3 Å². The van der Waals surface area contributed by atoms with E-state index in [9.17, 15) is 13.2 Å². The molecule has 4 rings (SSSR count). The lowest BCUT2D eigenvalue weighted by molar-refractivity contribution is -0.116. The molecule has 136 valence electrons. The maximum absolute atomic E-state index is 13.1. The molecular weight excluding hydrogens is 368 g/mol. The monoisotopic (exact) mass is 388 g/mol. The van der Waals surface area contributed by atoms with Gasteiger partial charge < -0.3 is 5.32 Å². The second-order valence-electron chi connectivity index (χ2n) is 6.70. The number of anilines is 1. The molecule has 0 bridgehead atoms. The van der Waals surface area contributed by atoms with Crippen LogP contribution in [-0.4, -0.2) is 30.4 Å². The molecule has 5 nitrogen and oxygen atoms in total. The number of amides is 1. The molecule has 0 aromatic heterocycles. The number of nitrogens with one attached hydrogen (secondary N) is 1. The largest absolute Gasteiger partial charge is 0.325 e. The molecule has 2 heterocycles. The lowest BCUT2D eigenvalue weighted by Gasteiger charge is -2.28. The summed E-state index contributed by atoms with van der Waals surface area (Å²) in [6.45, 7) is 2.84. The second kappa shape index (κ2) is 6.72. The number of fused-ring (bicyclic) bond motifs is 2. The van der Waals surface area contributed by atoms with E-state index in [1.807, 2.05) is 25.1 Å². The third-order valence-corrected chi connectivity index (χ3v) is 7.78. The molecule has 0 saturated heterocycles. The van der Waals surface area contributed by atoms with Gasteiger partial charge >= 0.3 is 0 Å². The van der Waals surface area contributed by atoms with Crippen molar-refractivity contribution in [2.24, 2.45) is 0 Å². The summed E-state index contributed by atoms with van der Waals surface area (Å²) in [5, 5.41) is 3.01. The van der Waals surface area contributed by atoms with Crippen LogP contribution in [0.3, 0.4) is 0 Å². The van der Waals surface area contributed by atoms with Gasteiger partial charge in [-0.1, -0.05) is 31.2 Å². The third kappa shape index (κ3) is 3.26. The van der Waals surface area contributed by atoms with Gasteiger partial charge in [-0.25, -0.2) is 8.42 Å². The smallest absolute Gasteiger partial charge is 0.243 e. The molecule has 0 radical (unpaired) electrons. The van der Waals surface area contributed by atoms with E-state index < -0.39 is 10.0 Å². The fourth-order valence-corrected chi connectivity index (χ4v) is 5.91. The molecule has 1 atom stereocenters. The Balaban J connectivity index is 1.66. The third-order valence-electron chi connectivity index (χ3n) is 4.76. The molecular formula is C19H20N2O3S2. The Morgan fingerprint density at radius 3 is 2.73 bits per heavy atom. The highest BCUT2D eigenvalue weighted by Crippen LogP contribution is 2.37. The highest BCUT2D eigenvalue weighted by atomic mass is 32.2. The van der Waals surface area contributed by atoms with E-state index in [1.165, 1.54) is 9.87 Å². The molecule has 0 unspecified atom stereocenters. The Bertz CT molecular complexity index is 972. The van der Waals surface area contributed by atoms with Gasteiger partial charge in [-0.3, -0.25) is 4.79 Å². The van der Waals surface area contributed by atoms with Crippen LogP contribution in [-0.2, 0) is 27.8 Å². The molecule has 2 aliphatic heterocycles. The Morgan fingerprint density at radius 1 is 1.15 bits per heavy atom. The Kier molecular flexibility index (Phi) is 4.54. The van der Waals surface area contributed by atoms with Crippen molar-refractivity contribution < 1.29 is 13.2 Å². The number of carbonyl (C=O) groups is 1. The fraction of sp³-hybridized carbons (Fsp3) is 0.316. The molecule has 7 heteroatoms. The molecule has 2 aliphatic rings. The van der Waals surface area contributed by atoms with Gasteiger partial charge in [-0.2, -0.15) is 4.31 Å². The van der Waals surface area contributed by atoms with Crippen molar-refractivity contribution in [3.8, 4) is 0 Å². The van der Waals surface area contributed by atoms with Crippen LogP contribution in [0.1, 0.15) is 24.5 Å². The number of rotatable bonds is 2. The average Bonchev–Trinajstić information content (AvgIpc) is 2.76. The van der Waals surface area contributed by atoms with E-state index >= 15 is 0 Å². The average molecular weight is 389 g/mol. The topological polar surface area (TPSA) is 66.5 Å². The van der Waals surface area contributed by atoms with Gasteiger partial charge in [0, 0.05) is 29.7 Å². The van der Waals surface area contributed by atoms with E-state index in [2.05, 4.69) is 11.4 Å². The molecule has 0 fully saturated rings. The van der Waals surface area contributed by atoms with Gasteiger partial charge in [0.05, 0.1) is 10.6 Å². The van der Waals surface area contributed by atoms with E-state index in [1.54, 1.807) is 30.0 Å². The summed E-state index contributed by atoms with van der Waals surface area (Å²) < 4.78 is 27.8. The Morgan fingerprint density at radius 2 is 1.92 bits per heavy atom. The van der Waals surface area contributed by atoms with Crippen LogP contribution in [0.25, 0.3) is 0 Å². The lowest BCUT2D eigenvalue weighted by Crippen LogP contribution is -2.36. The first-order valence-electron chi connectivity index (χ1n) is 8.61. The Labute approximate surface area is 157 Å². The zero-order valence-electron chi connectivity index (χ0n) is 14.4. The van der Waals surface area contributed by atoms with E-state index in [-0.39, 0.29) is 16.1 Å². The number of hydrogen-bond acceptors (Lipinski definition) is 4. The van der Waals surface area contributed by atoms with Crippen LogP contribution >= 0.6 is 11.8 Å². The predicted octanol–water partition coefficient (Wildman–Crippen LogP) is 3.26. The first kappa shape index (κ1) is 17.6. The number of carbonyl (C=O) groups excluding carboxylic acids is 1. The molecule has 0 saturated carbocycles. The lowest BCUT2D eigenvalue weighted by atomic mass is 10.0. The Hall–Kier alpha value is -1.83. The fourth-order valence-electron chi connectivity index (χ4n) is 3.41. The normalized spacial score (nSPS) is 20.7. The van der Waals surface area contributed by atoms with Gasteiger partial charge in [0.1, 0.15) is 0 Å². The molecule has 0 aliphatic carbocycles. The van der Waals surface area contributed by atoms with E-state index in [0.29, 0.717) is 31.6 Å². The summed E-state index contributed by atoms with van der Waals surface area (Å²) in [6, 6.07) is 13.0. The summed E-state index contributed by atoms with van der Waals surface area (Å²) in [5.74, 6) is -0.0785. The summed E-state index contributed by atoms with van der Waals surface area (Å²) in [4.78, 5) is 13.1.